The van der Waals surface area contributed by atoms with E-state index in [-0.39, 0.29) is 0 Å². The zero-order valence-corrected chi connectivity index (χ0v) is 11.8. The summed E-state index contributed by atoms with van der Waals surface area (Å²) in [5, 5.41) is 4.12. The molecule has 0 aliphatic heterocycles. The molecule has 1 aromatic heterocycles. The molecule has 1 N–H and O–H groups in total. The number of hydrogen-bond acceptors (Lipinski definition) is 3. The van der Waals surface area contributed by atoms with Crippen LogP contribution in [0.3, 0.4) is 0 Å². The van der Waals surface area contributed by atoms with E-state index < -0.39 is 0 Å². The third-order valence-corrected chi connectivity index (χ3v) is 3.32. The first kappa shape index (κ1) is 13.6. The van der Waals surface area contributed by atoms with Crippen LogP contribution in [-0.2, 0) is 6.54 Å². The van der Waals surface area contributed by atoms with Gasteiger partial charge in [0.25, 0.3) is 0 Å². The maximum absolute atomic E-state index is 6.13. The van der Waals surface area contributed by atoms with Gasteiger partial charge in [0.15, 0.2) is 0 Å². The molecule has 3 nitrogen and oxygen atoms in total. The highest BCUT2D eigenvalue weighted by Crippen LogP contribution is 2.22. The molecule has 0 radical (unpaired) electrons. The van der Waals surface area contributed by atoms with E-state index in [1.165, 1.54) is 12.8 Å². The van der Waals surface area contributed by atoms with Crippen LogP contribution in [0.15, 0.2) is 12.1 Å². The molecular weight excluding hydrogens is 248 g/mol. The summed E-state index contributed by atoms with van der Waals surface area (Å²) in [6.45, 7) is 5.81. The Morgan fingerprint density at radius 1 is 1.44 bits per heavy atom. The molecule has 100 valence electrons. The molecule has 4 heteroatoms. The van der Waals surface area contributed by atoms with Gasteiger partial charge in [-0.05, 0) is 31.2 Å². The van der Waals surface area contributed by atoms with E-state index in [0.29, 0.717) is 29.5 Å². The highest BCUT2D eigenvalue weighted by atomic mass is 35.5. The number of halogens is 1. The lowest BCUT2D eigenvalue weighted by molar-refractivity contribution is 0.278. The Morgan fingerprint density at radius 2 is 2.22 bits per heavy atom. The van der Waals surface area contributed by atoms with Crippen molar-refractivity contribution in [1.82, 2.24) is 10.3 Å². The van der Waals surface area contributed by atoms with Crippen LogP contribution in [0, 0.1) is 5.92 Å². The first-order valence-electron chi connectivity index (χ1n) is 6.66. The molecule has 1 aliphatic carbocycles. The fourth-order valence-corrected chi connectivity index (χ4v) is 1.77. The Hall–Kier alpha value is -0.800. The van der Waals surface area contributed by atoms with Gasteiger partial charge in [-0.2, -0.15) is 0 Å². The minimum absolute atomic E-state index is 0.647. The van der Waals surface area contributed by atoms with Gasteiger partial charge in [0, 0.05) is 18.7 Å². The van der Waals surface area contributed by atoms with Crippen LogP contribution < -0.4 is 10.1 Å². The molecule has 0 aromatic carbocycles. The van der Waals surface area contributed by atoms with Crippen molar-refractivity contribution in [2.45, 2.75) is 45.7 Å². The topological polar surface area (TPSA) is 34.1 Å². The molecule has 1 heterocycles. The lowest BCUT2D eigenvalue weighted by Crippen LogP contribution is -2.16. The monoisotopic (exact) mass is 268 g/mol. The molecule has 0 unspecified atom stereocenters. The fraction of sp³-hybridized carbons (Fsp3) is 0.643. The number of ether oxygens (including phenoxy) is 1. The Balaban J connectivity index is 1.87. The molecule has 1 saturated carbocycles. The molecule has 0 saturated heterocycles. The number of hydrogen-bond donors (Lipinski definition) is 1. The first-order chi connectivity index (χ1) is 8.65. The predicted octanol–water partition coefficient (Wildman–Crippen LogP) is 3.41. The fourth-order valence-electron chi connectivity index (χ4n) is 1.60. The van der Waals surface area contributed by atoms with Gasteiger partial charge >= 0.3 is 0 Å². The molecule has 0 spiro atoms. The summed E-state index contributed by atoms with van der Waals surface area (Å²) in [5.74, 6) is 1.32. The van der Waals surface area contributed by atoms with Gasteiger partial charge in [-0.3, -0.25) is 0 Å². The Labute approximate surface area is 114 Å². The van der Waals surface area contributed by atoms with E-state index in [2.05, 4.69) is 24.1 Å². The smallest absolute Gasteiger partial charge is 0.213 e. The molecule has 1 fully saturated rings. The summed E-state index contributed by atoms with van der Waals surface area (Å²) in [5.41, 5.74) is 0.880. The van der Waals surface area contributed by atoms with Crippen LogP contribution in [0.1, 0.15) is 38.8 Å². The van der Waals surface area contributed by atoms with Crippen LogP contribution in [0.5, 0.6) is 5.88 Å². The van der Waals surface area contributed by atoms with Gasteiger partial charge in [-0.25, -0.2) is 4.98 Å². The zero-order chi connectivity index (χ0) is 13.0. The van der Waals surface area contributed by atoms with Crippen LogP contribution in [0.25, 0.3) is 0 Å². The summed E-state index contributed by atoms with van der Waals surface area (Å²) < 4.78 is 5.64. The third kappa shape index (κ3) is 4.46. The average molecular weight is 269 g/mol. The Morgan fingerprint density at radius 3 is 2.89 bits per heavy atom. The maximum atomic E-state index is 6.13. The van der Waals surface area contributed by atoms with Crippen molar-refractivity contribution in [3.05, 3.63) is 22.8 Å². The molecule has 0 atom stereocenters. The first-order valence-corrected chi connectivity index (χ1v) is 7.04. The van der Waals surface area contributed by atoms with Crippen molar-refractivity contribution in [1.29, 1.82) is 0 Å². The number of nitrogens with one attached hydrogen (secondary N) is 1. The Kier molecular flexibility index (Phi) is 4.84. The van der Waals surface area contributed by atoms with Crippen molar-refractivity contribution < 1.29 is 4.74 Å². The maximum Gasteiger partial charge on any atom is 0.213 e. The second-order valence-corrected chi connectivity index (χ2v) is 5.67. The molecule has 0 bridgehead atoms. The van der Waals surface area contributed by atoms with E-state index in [4.69, 9.17) is 16.3 Å². The van der Waals surface area contributed by atoms with Gasteiger partial charge in [-0.1, -0.05) is 25.4 Å². The van der Waals surface area contributed by atoms with Crippen molar-refractivity contribution in [2.24, 2.45) is 5.92 Å². The SMILES string of the molecule is CC(C)CCOc1ccc(Cl)c(CNC2CC2)n1. The standard InChI is InChI=1S/C14H21ClN2O/c1-10(2)7-8-18-14-6-5-12(15)13(17-14)9-16-11-3-4-11/h5-6,10-11,16H,3-4,7-9H2,1-2H3. The normalized spacial score (nSPS) is 15.1. The van der Waals surface area contributed by atoms with E-state index in [9.17, 15) is 0 Å². The molecule has 1 aromatic rings. The molecule has 2 rings (SSSR count). The minimum Gasteiger partial charge on any atom is -0.478 e. The second-order valence-electron chi connectivity index (χ2n) is 5.26. The molecule has 18 heavy (non-hydrogen) atoms. The van der Waals surface area contributed by atoms with Gasteiger partial charge < -0.3 is 10.1 Å². The van der Waals surface area contributed by atoms with Gasteiger partial charge in [-0.15, -0.1) is 0 Å². The lowest BCUT2D eigenvalue weighted by atomic mass is 10.1. The van der Waals surface area contributed by atoms with Crippen LogP contribution in [-0.4, -0.2) is 17.6 Å². The van der Waals surface area contributed by atoms with E-state index in [1.807, 2.05) is 12.1 Å². The second kappa shape index (κ2) is 6.39. The summed E-state index contributed by atoms with van der Waals surface area (Å²) in [4.78, 5) is 4.45. The quantitative estimate of drug-likeness (QED) is 0.823. The summed E-state index contributed by atoms with van der Waals surface area (Å²) in [6, 6.07) is 4.36. The highest BCUT2D eigenvalue weighted by molar-refractivity contribution is 6.31. The van der Waals surface area contributed by atoms with E-state index in [1.54, 1.807) is 0 Å². The molecular formula is C14H21ClN2O. The van der Waals surface area contributed by atoms with Crippen LogP contribution in [0.4, 0.5) is 0 Å². The largest absolute Gasteiger partial charge is 0.478 e. The van der Waals surface area contributed by atoms with E-state index >= 15 is 0 Å². The van der Waals surface area contributed by atoms with Crippen LogP contribution in [0.2, 0.25) is 5.02 Å². The van der Waals surface area contributed by atoms with E-state index in [0.717, 1.165) is 18.7 Å². The number of aromatic nitrogens is 1. The zero-order valence-electron chi connectivity index (χ0n) is 11.1. The van der Waals surface area contributed by atoms with Crippen molar-refractivity contribution >= 4 is 11.6 Å². The summed E-state index contributed by atoms with van der Waals surface area (Å²) >= 11 is 6.13. The number of rotatable bonds is 7. The van der Waals surface area contributed by atoms with Gasteiger partial charge in [0.2, 0.25) is 5.88 Å². The predicted molar refractivity (Wildman–Crippen MR) is 74.1 cm³/mol. The van der Waals surface area contributed by atoms with Crippen molar-refractivity contribution in [2.75, 3.05) is 6.61 Å². The van der Waals surface area contributed by atoms with Gasteiger partial charge in [0.05, 0.1) is 17.3 Å². The molecule has 1 aliphatic rings. The van der Waals surface area contributed by atoms with Crippen molar-refractivity contribution in [3.63, 3.8) is 0 Å². The number of pyridine rings is 1. The average Bonchev–Trinajstić information content (AvgIpc) is 3.13. The Bertz CT molecular complexity index is 391. The molecule has 0 amide bonds. The summed E-state index contributed by atoms with van der Waals surface area (Å²) in [7, 11) is 0. The van der Waals surface area contributed by atoms with Crippen molar-refractivity contribution in [3.8, 4) is 5.88 Å². The summed E-state index contributed by atoms with van der Waals surface area (Å²) in [6.07, 6.45) is 3.57. The van der Waals surface area contributed by atoms with Crippen LogP contribution >= 0.6 is 11.6 Å². The minimum atomic E-state index is 0.647. The van der Waals surface area contributed by atoms with Gasteiger partial charge in [0.1, 0.15) is 0 Å². The lowest BCUT2D eigenvalue weighted by Gasteiger charge is -2.10. The highest BCUT2D eigenvalue weighted by Gasteiger charge is 2.20. The third-order valence-electron chi connectivity index (χ3n) is 2.97. The number of nitrogens with zero attached hydrogens (tertiary/aromatic N) is 1.